The molecule has 0 spiro atoms. The molecule has 0 radical (unpaired) electrons. The first-order valence-electron chi connectivity index (χ1n) is 4.12. The van der Waals surface area contributed by atoms with E-state index in [9.17, 15) is 0 Å². The van der Waals surface area contributed by atoms with E-state index in [-0.39, 0.29) is 0 Å². The minimum absolute atomic E-state index is 0.318. The molecule has 0 saturated heterocycles. The van der Waals surface area contributed by atoms with E-state index in [1.165, 1.54) is 12.8 Å². The molecular weight excluding hydrogens is 203 g/mol. The van der Waals surface area contributed by atoms with Gasteiger partial charge in [-0.1, -0.05) is 0 Å². The molecule has 0 rings (SSSR count). The molecule has 0 aromatic rings. The van der Waals surface area contributed by atoms with Gasteiger partial charge in [0.25, 0.3) is 0 Å². The molecule has 0 aliphatic carbocycles. The minimum atomic E-state index is 0.318. The Labute approximate surface area is 75.7 Å². The first kappa shape index (κ1) is 11.0. The zero-order valence-electron chi connectivity index (χ0n) is 7.10. The number of hydrogen-bond donors (Lipinski definition) is 1. The molecule has 0 aromatic heterocycles. The number of aliphatic hydroxyl groups is 1. The molecule has 2 heteroatoms. The van der Waals surface area contributed by atoms with Crippen LogP contribution in [0.25, 0.3) is 0 Å². The molecule has 0 amide bonds. The Kier molecular flexibility index (Phi) is 10.1. The van der Waals surface area contributed by atoms with Crippen LogP contribution >= 0.6 is 0 Å². The normalized spacial score (nSPS) is 8.91. The summed E-state index contributed by atoms with van der Waals surface area (Å²) in [5.41, 5.74) is 0. The van der Waals surface area contributed by atoms with E-state index in [0.29, 0.717) is 21.6 Å². The van der Waals surface area contributed by atoms with E-state index in [1.807, 2.05) is 0 Å². The van der Waals surface area contributed by atoms with Crippen molar-refractivity contribution < 1.29 is 5.11 Å². The van der Waals surface area contributed by atoms with Crippen molar-refractivity contribution in [2.24, 2.45) is 0 Å². The Hall–Kier alpha value is 0.0395. The molecule has 1 nitrogen and oxygen atoms in total. The van der Waals surface area contributed by atoms with E-state index in [2.05, 4.69) is 17.7 Å². The van der Waals surface area contributed by atoms with Gasteiger partial charge in [-0.25, -0.2) is 0 Å². The van der Waals surface area contributed by atoms with Crippen molar-refractivity contribution in [3.05, 3.63) is 0 Å². The molecule has 0 unspecified atom stereocenters. The Morgan fingerprint density at radius 3 is 2.82 bits per heavy atom. The predicted octanol–water partition coefficient (Wildman–Crippen LogP) is 1.64. The van der Waals surface area contributed by atoms with Gasteiger partial charge in [0, 0.05) is 0 Å². The van der Waals surface area contributed by atoms with Crippen LogP contribution in [0.2, 0.25) is 5.32 Å². The van der Waals surface area contributed by atoms with Crippen LogP contribution in [0.3, 0.4) is 0 Å². The van der Waals surface area contributed by atoms with Crippen molar-refractivity contribution in [1.82, 2.24) is 0 Å². The second kappa shape index (κ2) is 10.0. The molecule has 1 N–H and O–H groups in total. The molecule has 0 aromatic carbocycles. The Morgan fingerprint density at radius 2 is 2.18 bits per heavy atom. The van der Waals surface area contributed by atoms with E-state index in [4.69, 9.17) is 5.11 Å². The fraction of sp³-hybridized carbons (Fsp3) is 0.778. The second-order valence-corrected chi connectivity index (χ2v) is 4.20. The number of rotatable bonds is 5. The number of unbranched alkanes of at least 4 members (excludes halogenated alkanes) is 2. The summed E-state index contributed by atoms with van der Waals surface area (Å²) in [6.07, 6.45) is 4.43. The molecule has 0 atom stereocenters. The van der Waals surface area contributed by atoms with Gasteiger partial charge < -0.3 is 0 Å². The fourth-order valence-electron chi connectivity index (χ4n) is 0.555. The maximum absolute atomic E-state index is 8.47. The van der Waals surface area contributed by atoms with Gasteiger partial charge in [-0.15, -0.1) is 0 Å². The van der Waals surface area contributed by atoms with Crippen molar-refractivity contribution in [3.8, 4) is 10.7 Å². The molecule has 0 fully saturated rings. The monoisotopic (exact) mass is 220 g/mol. The number of aliphatic hydroxyl groups excluding tert-OH is 1. The van der Waals surface area contributed by atoms with Crippen LogP contribution < -0.4 is 0 Å². The molecule has 0 bridgehead atoms. The van der Waals surface area contributed by atoms with E-state index < -0.39 is 0 Å². The van der Waals surface area contributed by atoms with Crippen molar-refractivity contribution in [2.45, 2.75) is 37.9 Å². The van der Waals surface area contributed by atoms with Crippen molar-refractivity contribution in [2.75, 3.05) is 6.61 Å². The van der Waals surface area contributed by atoms with Gasteiger partial charge in [-0.3, -0.25) is 0 Å². The SMILES string of the molecule is CCCCC#C[Se]CCCO. The Bertz CT molecular complexity index is 123. The van der Waals surface area contributed by atoms with Crippen LogP contribution in [0.4, 0.5) is 0 Å². The fourth-order valence-corrected chi connectivity index (χ4v) is 1.77. The molecule has 0 aliphatic heterocycles. The third-order valence-corrected chi connectivity index (χ3v) is 2.84. The average molecular weight is 219 g/mol. The molecule has 64 valence electrons. The molecule has 0 saturated carbocycles. The van der Waals surface area contributed by atoms with Crippen LogP contribution in [-0.2, 0) is 0 Å². The zero-order valence-corrected chi connectivity index (χ0v) is 8.81. The van der Waals surface area contributed by atoms with Crippen LogP contribution in [0.15, 0.2) is 0 Å². The summed E-state index contributed by atoms with van der Waals surface area (Å²) in [6.45, 7) is 2.50. The van der Waals surface area contributed by atoms with E-state index in [1.54, 1.807) is 0 Å². The van der Waals surface area contributed by atoms with Gasteiger partial charge >= 0.3 is 75.3 Å². The first-order valence-corrected chi connectivity index (χ1v) is 6.19. The standard InChI is InChI=1S/C9H16OSe/c1-2-3-4-5-8-11-9-6-7-10/h10H,2-4,6-7,9H2,1H3. The molecule has 11 heavy (non-hydrogen) atoms. The first-order chi connectivity index (χ1) is 5.41. The van der Waals surface area contributed by atoms with Gasteiger partial charge in [0.15, 0.2) is 0 Å². The summed E-state index contributed by atoms with van der Waals surface area (Å²) in [5, 5.41) is 9.57. The third-order valence-electron chi connectivity index (χ3n) is 1.20. The van der Waals surface area contributed by atoms with Gasteiger partial charge in [-0.2, -0.15) is 0 Å². The molecule has 0 aliphatic rings. The summed E-state index contributed by atoms with van der Waals surface area (Å²) in [6, 6.07) is 0. The van der Waals surface area contributed by atoms with Crippen molar-refractivity contribution >= 4 is 15.0 Å². The average Bonchev–Trinajstić information content (AvgIpc) is 2.03. The van der Waals surface area contributed by atoms with Crippen LogP contribution in [0, 0.1) is 10.7 Å². The Morgan fingerprint density at radius 1 is 1.36 bits per heavy atom. The summed E-state index contributed by atoms with van der Waals surface area (Å²) in [4.78, 5) is 3.16. The van der Waals surface area contributed by atoms with Gasteiger partial charge in [0.05, 0.1) is 0 Å². The summed E-state index contributed by atoms with van der Waals surface area (Å²) >= 11 is 0.455. The van der Waals surface area contributed by atoms with Gasteiger partial charge in [0.2, 0.25) is 0 Å². The predicted molar refractivity (Wildman–Crippen MR) is 49.6 cm³/mol. The van der Waals surface area contributed by atoms with Crippen LogP contribution in [-0.4, -0.2) is 26.7 Å². The summed E-state index contributed by atoms with van der Waals surface area (Å²) in [5.74, 6) is 3.14. The zero-order chi connectivity index (χ0) is 8.36. The topological polar surface area (TPSA) is 20.2 Å². The third kappa shape index (κ3) is 10.0. The van der Waals surface area contributed by atoms with Crippen molar-refractivity contribution in [1.29, 1.82) is 0 Å². The number of hydrogen-bond acceptors (Lipinski definition) is 1. The van der Waals surface area contributed by atoms with E-state index >= 15 is 0 Å². The van der Waals surface area contributed by atoms with Gasteiger partial charge in [0.1, 0.15) is 0 Å². The Balaban J connectivity index is 2.99. The van der Waals surface area contributed by atoms with Gasteiger partial charge in [-0.05, 0) is 0 Å². The summed E-state index contributed by atoms with van der Waals surface area (Å²) in [7, 11) is 0. The molecular formula is C9H16OSe. The van der Waals surface area contributed by atoms with Crippen molar-refractivity contribution in [3.63, 3.8) is 0 Å². The summed E-state index contributed by atoms with van der Waals surface area (Å²) < 4.78 is 0. The van der Waals surface area contributed by atoms with Crippen LogP contribution in [0.5, 0.6) is 0 Å². The van der Waals surface area contributed by atoms with Crippen LogP contribution in [0.1, 0.15) is 32.6 Å². The maximum atomic E-state index is 8.47. The molecule has 0 heterocycles. The second-order valence-electron chi connectivity index (χ2n) is 2.31. The van der Waals surface area contributed by atoms with E-state index in [0.717, 1.165) is 18.2 Å². The quantitative estimate of drug-likeness (QED) is 0.423.